The molecule has 8 rings (SSSR count). The van der Waals surface area contributed by atoms with Crippen molar-refractivity contribution in [3.8, 4) is 9.75 Å². The molecule has 1 aliphatic rings. The van der Waals surface area contributed by atoms with Gasteiger partial charge < -0.3 is 10.2 Å². The first-order chi connectivity index (χ1) is 30.0. The van der Waals surface area contributed by atoms with Crippen LogP contribution in [0.15, 0.2) is 192 Å². The van der Waals surface area contributed by atoms with Crippen LogP contribution in [0.2, 0.25) is 0 Å². The van der Waals surface area contributed by atoms with Crippen LogP contribution in [0.4, 0.5) is 11.4 Å². The summed E-state index contributed by atoms with van der Waals surface area (Å²) in [5.74, 6) is 1.11. The summed E-state index contributed by atoms with van der Waals surface area (Å²) in [5, 5.41) is 40.2. The highest BCUT2D eigenvalue weighted by molar-refractivity contribution is 8.09. The van der Waals surface area contributed by atoms with Gasteiger partial charge in [0.05, 0.1) is 48.1 Å². The summed E-state index contributed by atoms with van der Waals surface area (Å²) in [6.07, 6.45) is 6.01. The molecule has 2 N–H and O–H groups in total. The molecule has 3 atom stereocenters. The molecule has 0 spiro atoms. The van der Waals surface area contributed by atoms with Gasteiger partial charge in [-0.15, -0.1) is 69.3 Å². The fourth-order valence-electron chi connectivity index (χ4n) is 6.28. The Labute approximate surface area is 387 Å². The second kappa shape index (κ2) is 22.4. The number of hydrazone groups is 2. The highest BCUT2D eigenvalue weighted by atomic mass is 32.2. The van der Waals surface area contributed by atoms with Gasteiger partial charge in [-0.2, -0.15) is 10.2 Å². The fourth-order valence-corrected chi connectivity index (χ4v) is 12.4. The van der Waals surface area contributed by atoms with Gasteiger partial charge in [0.2, 0.25) is 0 Å². The molecule has 0 saturated carbocycles. The zero-order chi connectivity index (χ0) is 41.6. The average Bonchev–Trinajstić information content (AvgIpc) is 4.16. The van der Waals surface area contributed by atoms with Crippen molar-refractivity contribution in [2.45, 2.75) is 43.5 Å². The number of hydrogen-bond acceptors (Lipinski definition) is 13. The van der Waals surface area contributed by atoms with Crippen LogP contribution in [0.5, 0.6) is 0 Å². The molecule has 3 unspecified atom stereocenters. The number of thiophene rings is 3. The summed E-state index contributed by atoms with van der Waals surface area (Å²) in [7, 11) is 0. The van der Waals surface area contributed by atoms with Crippen LogP contribution < -0.4 is 10.0 Å². The highest BCUT2D eigenvalue weighted by Gasteiger charge is 2.20. The van der Waals surface area contributed by atoms with Crippen molar-refractivity contribution in [2.24, 2.45) is 10.2 Å². The third-order valence-corrected chi connectivity index (χ3v) is 17.0. The van der Waals surface area contributed by atoms with Gasteiger partial charge in [-0.25, -0.2) is 0 Å². The lowest BCUT2D eigenvalue weighted by Gasteiger charge is -2.23. The number of aliphatic hydroxyl groups is 2. The Morgan fingerprint density at radius 2 is 1.13 bits per heavy atom. The summed E-state index contributed by atoms with van der Waals surface area (Å²) in [6, 6.07) is 49.8. The van der Waals surface area contributed by atoms with Gasteiger partial charge >= 0.3 is 0 Å². The van der Waals surface area contributed by atoms with Crippen molar-refractivity contribution in [3.05, 3.63) is 172 Å². The number of nitrogens with zero attached hydrogens (tertiary/aromatic N) is 4. The van der Waals surface area contributed by atoms with E-state index in [0.29, 0.717) is 24.6 Å². The molecule has 0 fully saturated rings. The predicted molar refractivity (Wildman–Crippen MR) is 270 cm³/mol. The van der Waals surface area contributed by atoms with Crippen molar-refractivity contribution >= 4 is 110 Å². The third-order valence-electron chi connectivity index (χ3n) is 9.31. The predicted octanol–water partition coefficient (Wildman–Crippen LogP) is 13.2. The first-order valence-electron chi connectivity index (χ1n) is 19.8. The Balaban J connectivity index is 0.787. The molecule has 0 saturated heterocycles. The molecule has 7 aromatic rings. The Morgan fingerprint density at radius 1 is 0.590 bits per heavy atom. The first kappa shape index (κ1) is 43.6. The van der Waals surface area contributed by atoms with Crippen LogP contribution in [-0.2, 0) is 0 Å². The highest BCUT2D eigenvalue weighted by Crippen LogP contribution is 2.40. The summed E-state index contributed by atoms with van der Waals surface area (Å²) >= 11 is 12.1. The zero-order valence-electron chi connectivity index (χ0n) is 33.1. The summed E-state index contributed by atoms with van der Waals surface area (Å²) in [6.45, 7) is 0.791. The smallest absolute Gasteiger partial charge is 0.0830 e. The van der Waals surface area contributed by atoms with Gasteiger partial charge in [0.1, 0.15) is 0 Å². The lowest BCUT2D eigenvalue weighted by molar-refractivity contribution is 0.204. The second-order valence-corrected chi connectivity index (χ2v) is 21.6. The monoisotopic (exact) mass is 932 g/mol. The number of para-hydroxylation sites is 2. The quantitative estimate of drug-likeness (QED) is 0.0445. The molecule has 6 nitrogen and oxygen atoms in total. The van der Waals surface area contributed by atoms with E-state index in [0.717, 1.165) is 42.3 Å². The number of hydrogen-bond donors (Lipinski definition) is 2. The lowest BCUT2D eigenvalue weighted by atomic mass is 10.3. The number of thioether (sulfide) groups is 3. The normalized spacial score (nSPS) is 15.0. The number of anilines is 2. The van der Waals surface area contributed by atoms with Crippen LogP contribution in [0.1, 0.15) is 16.2 Å². The minimum absolute atomic E-state index is 0.277. The largest absolute Gasteiger partial charge is 0.390 e. The molecule has 4 heterocycles. The first-order valence-corrected chi connectivity index (χ1v) is 26.0. The van der Waals surface area contributed by atoms with Crippen molar-refractivity contribution in [1.29, 1.82) is 0 Å². The van der Waals surface area contributed by atoms with E-state index in [1.54, 1.807) is 69.3 Å². The molecular weight excluding hydrogens is 889 g/mol. The number of rotatable bonds is 20. The van der Waals surface area contributed by atoms with Gasteiger partial charge in [0.25, 0.3) is 0 Å². The molecular formula is C48H44N4O2S7. The van der Waals surface area contributed by atoms with Crippen LogP contribution in [0.3, 0.4) is 0 Å². The molecule has 0 radical (unpaired) electrons. The zero-order valence-corrected chi connectivity index (χ0v) is 38.8. The molecule has 61 heavy (non-hydrogen) atoms. The molecule has 310 valence electrons. The van der Waals surface area contributed by atoms with Gasteiger partial charge in [-0.1, -0.05) is 66.4 Å². The minimum atomic E-state index is -0.584. The van der Waals surface area contributed by atoms with Crippen LogP contribution in [-0.4, -0.2) is 64.7 Å². The van der Waals surface area contributed by atoms with Gasteiger partial charge in [-0.05, 0) is 114 Å². The summed E-state index contributed by atoms with van der Waals surface area (Å²) < 4.78 is 0. The summed E-state index contributed by atoms with van der Waals surface area (Å²) in [5.41, 5.74) is 1.91. The number of allylic oxidation sites excluding steroid dienone is 1. The Kier molecular flexibility index (Phi) is 16.0. The molecule has 13 heteroatoms. The van der Waals surface area contributed by atoms with Crippen molar-refractivity contribution in [2.75, 3.05) is 34.6 Å². The standard InChI is InChI=1S/C48H44N4O2S7/c53-37(31-51(35-9-3-1-4-10-35)49-29-43-23-25-47(60-43)45-13-7-27-55-45)33-57-39-15-19-41(20-16-39)59-42-21-17-40(18-22-42)58-34-38(54)32-52(36-11-5-2-6-12-36)50-30-44-24-26-48(61-44)46-14-8-28-56-46/h1-23,25-30,37-38,44,53-54H,24,31-34H2/b49-29+,50-30+. The average molecular weight is 933 g/mol. The van der Waals surface area contributed by atoms with E-state index in [2.05, 4.69) is 102 Å². The lowest BCUT2D eigenvalue weighted by Crippen LogP contribution is -2.30. The molecule has 0 amide bonds. The molecule has 4 aromatic carbocycles. The Hall–Kier alpha value is -4.02. The summed E-state index contributed by atoms with van der Waals surface area (Å²) in [4.78, 5) is 10.7. The SMILES string of the molecule is OC(CSc1ccc(Sc2ccc(SCC(O)CN(/N=C/C3CC=C(c4cccs4)S3)c3ccccc3)cc2)cc1)CN(/N=C/c1ccc(-c2cccs2)s1)c1ccccc1. The van der Waals surface area contributed by atoms with Gasteiger partial charge in [0.15, 0.2) is 0 Å². The van der Waals surface area contributed by atoms with E-state index in [1.165, 1.54) is 19.5 Å². The van der Waals surface area contributed by atoms with Gasteiger partial charge in [0, 0.05) is 61.7 Å². The van der Waals surface area contributed by atoms with E-state index < -0.39 is 12.2 Å². The van der Waals surface area contributed by atoms with E-state index in [9.17, 15) is 10.2 Å². The number of benzene rings is 4. The molecule has 0 bridgehead atoms. The fraction of sp³-hybridized carbons (Fsp3) is 0.167. The Bertz CT molecular complexity index is 2460. The maximum Gasteiger partial charge on any atom is 0.0830 e. The van der Waals surface area contributed by atoms with E-state index in [1.807, 2.05) is 94.9 Å². The maximum absolute atomic E-state index is 11.1. The van der Waals surface area contributed by atoms with E-state index >= 15 is 0 Å². The second-order valence-electron chi connectivity index (χ2n) is 13.9. The van der Waals surface area contributed by atoms with Crippen molar-refractivity contribution in [3.63, 3.8) is 0 Å². The molecule has 0 aliphatic carbocycles. The van der Waals surface area contributed by atoms with Crippen LogP contribution in [0.25, 0.3) is 14.7 Å². The van der Waals surface area contributed by atoms with Crippen LogP contribution in [0, 0.1) is 0 Å². The molecule has 3 aromatic heterocycles. The van der Waals surface area contributed by atoms with Gasteiger partial charge in [-0.3, -0.25) is 10.0 Å². The van der Waals surface area contributed by atoms with Crippen molar-refractivity contribution in [1.82, 2.24) is 0 Å². The van der Waals surface area contributed by atoms with E-state index in [-0.39, 0.29) is 5.25 Å². The molecule has 1 aliphatic heterocycles. The Morgan fingerprint density at radius 3 is 1.69 bits per heavy atom. The topological polar surface area (TPSA) is 71.7 Å². The van der Waals surface area contributed by atoms with Crippen molar-refractivity contribution < 1.29 is 10.2 Å². The third kappa shape index (κ3) is 13.0. The van der Waals surface area contributed by atoms with E-state index in [4.69, 9.17) is 10.2 Å². The van der Waals surface area contributed by atoms with Crippen LogP contribution >= 0.6 is 81.1 Å². The minimum Gasteiger partial charge on any atom is -0.390 e. The maximum atomic E-state index is 11.1. The number of aliphatic hydroxyl groups excluding tert-OH is 2.